The van der Waals surface area contributed by atoms with Crippen molar-refractivity contribution in [3.05, 3.63) is 34.9 Å². The molecule has 0 saturated heterocycles. The highest BCUT2D eigenvalue weighted by Crippen LogP contribution is 2.23. The van der Waals surface area contributed by atoms with Crippen molar-refractivity contribution in [2.24, 2.45) is 5.92 Å². The van der Waals surface area contributed by atoms with E-state index in [1.165, 1.54) is 0 Å². The molecule has 0 aromatic heterocycles. The zero-order chi connectivity index (χ0) is 12.0. The smallest absolute Gasteiger partial charge is 0.167 e. The summed E-state index contributed by atoms with van der Waals surface area (Å²) >= 11 is 6.03. The highest BCUT2D eigenvalue weighted by Gasteiger charge is 2.19. The molecule has 1 nitrogen and oxygen atoms in total. The van der Waals surface area contributed by atoms with Crippen LogP contribution in [0, 0.1) is 5.92 Å². The first-order chi connectivity index (χ1) is 7.70. The van der Waals surface area contributed by atoms with Crippen LogP contribution in [-0.4, -0.2) is 5.78 Å². The van der Waals surface area contributed by atoms with Crippen molar-refractivity contribution in [1.82, 2.24) is 0 Å². The van der Waals surface area contributed by atoms with E-state index in [2.05, 4.69) is 13.8 Å². The molecule has 0 radical (unpaired) electrons. The molecule has 1 atom stereocenters. The molecule has 0 amide bonds. The first-order valence-corrected chi connectivity index (χ1v) is 6.37. The molecule has 0 fully saturated rings. The highest BCUT2D eigenvalue weighted by atomic mass is 35.5. The molecule has 0 aliphatic carbocycles. The zero-order valence-electron chi connectivity index (χ0n) is 10.0. The molecular formula is C14H19ClO. The van der Waals surface area contributed by atoms with Gasteiger partial charge in [-0.15, -0.1) is 0 Å². The number of hydrogen-bond donors (Lipinski definition) is 0. The summed E-state index contributed by atoms with van der Waals surface area (Å²) in [6.45, 7) is 4.21. The van der Waals surface area contributed by atoms with Gasteiger partial charge in [0.25, 0.3) is 0 Å². The summed E-state index contributed by atoms with van der Waals surface area (Å²) in [6.07, 6.45) is 4.10. The molecular weight excluding hydrogens is 220 g/mol. The summed E-state index contributed by atoms with van der Waals surface area (Å²) in [6, 6.07) is 7.32. The molecule has 2 heteroatoms. The van der Waals surface area contributed by atoms with Crippen molar-refractivity contribution in [3.63, 3.8) is 0 Å². The maximum absolute atomic E-state index is 12.2. The first-order valence-electron chi connectivity index (χ1n) is 5.99. The number of carbonyl (C=O) groups is 1. The van der Waals surface area contributed by atoms with Crippen molar-refractivity contribution in [2.75, 3.05) is 0 Å². The van der Waals surface area contributed by atoms with E-state index in [0.29, 0.717) is 10.6 Å². The monoisotopic (exact) mass is 238 g/mol. The van der Waals surface area contributed by atoms with Crippen LogP contribution < -0.4 is 0 Å². The topological polar surface area (TPSA) is 17.1 Å². The number of carbonyl (C=O) groups excluding carboxylic acids is 1. The Balaban J connectivity index is 2.79. The van der Waals surface area contributed by atoms with E-state index in [-0.39, 0.29) is 11.7 Å². The molecule has 16 heavy (non-hydrogen) atoms. The lowest BCUT2D eigenvalue weighted by Gasteiger charge is -2.13. The molecule has 0 saturated carbocycles. The Hall–Kier alpha value is -0.820. The quantitative estimate of drug-likeness (QED) is 0.655. The fraction of sp³-hybridized carbons (Fsp3) is 0.500. The van der Waals surface area contributed by atoms with Gasteiger partial charge in [-0.05, 0) is 25.0 Å². The lowest BCUT2D eigenvalue weighted by Crippen LogP contribution is -2.14. The zero-order valence-corrected chi connectivity index (χ0v) is 10.8. The van der Waals surface area contributed by atoms with E-state index in [1.807, 2.05) is 18.2 Å². The van der Waals surface area contributed by atoms with Gasteiger partial charge < -0.3 is 0 Å². The van der Waals surface area contributed by atoms with E-state index >= 15 is 0 Å². The van der Waals surface area contributed by atoms with Gasteiger partial charge in [0.1, 0.15) is 0 Å². The number of ketones is 1. The fourth-order valence-electron chi connectivity index (χ4n) is 1.85. The van der Waals surface area contributed by atoms with Crippen molar-refractivity contribution in [1.29, 1.82) is 0 Å². The average molecular weight is 239 g/mol. The molecule has 0 aliphatic heterocycles. The summed E-state index contributed by atoms with van der Waals surface area (Å²) in [5.41, 5.74) is 0.673. The molecule has 0 bridgehead atoms. The van der Waals surface area contributed by atoms with Gasteiger partial charge in [0.05, 0.1) is 5.02 Å². The maximum atomic E-state index is 12.2. The fourth-order valence-corrected chi connectivity index (χ4v) is 2.08. The third-order valence-corrected chi connectivity index (χ3v) is 3.24. The van der Waals surface area contributed by atoms with E-state index in [4.69, 9.17) is 11.6 Å². The van der Waals surface area contributed by atoms with Crippen LogP contribution in [-0.2, 0) is 0 Å². The number of hydrogen-bond acceptors (Lipinski definition) is 1. The minimum atomic E-state index is 0.125. The molecule has 0 N–H and O–H groups in total. The molecule has 1 aromatic carbocycles. The Bertz CT molecular complexity index is 346. The average Bonchev–Trinajstić information content (AvgIpc) is 2.30. The predicted molar refractivity (Wildman–Crippen MR) is 69.1 cm³/mol. The van der Waals surface area contributed by atoms with Gasteiger partial charge in [0, 0.05) is 11.5 Å². The summed E-state index contributed by atoms with van der Waals surface area (Å²) in [5.74, 6) is 0.321. The van der Waals surface area contributed by atoms with Crippen LogP contribution in [0.1, 0.15) is 49.9 Å². The predicted octanol–water partition coefficient (Wildman–Crippen LogP) is 4.74. The Kier molecular flexibility index (Phi) is 5.54. The number of benzene rings is 1. The Morgan fingerprint density at radius 1 is 1.31 bits per heavy atom. The van der Waals surface area contributed by atoms with Crippen molar-refractivity contribution >= 4 is 17.4 Å². The second-order valence-electron chi connectivity index (χ2n) is 4.09. The van der Waals surface area contributed by atoms with Crippen LogP contribution in [0.3, 0.4) is 0 Å². The molecule has 1 unspecified atom stereocenters. The molecule has 1 rings (SSSR count). The van der Waals surface area contributed by atoms with Crippen molar-refractivity contribution in [2.45, 2.75) is 39.5 Å². The molecule has 0 spiro atoms. The minimum Gasteiger partial charge on any atom is -0.294 e. The van der Waals surface area contributed by atoms with Crippen LogP contribution in [0.4, 0.5) is 0 Å². The highest BCUT2D eigenvalue weighted by molar-refractivity contribution is 6.34. The van der Waals surface area contributed by atoms with Gasteiger partial charge in [-0.2, -0.15) is 0 Å². The Morgan fingerprint density at radius 3 is 2.56 bits per heavy atom. The summed E-state index contributed by atoms with van der Waals surface area (Å²) in [4.78, 5) is 12.2. The standard InChI is InChI=1S/C14H19ClO/c1-3-5-8-11(4-2)14(16)12-9-6-7-10-13(12)15/h6-7,9-11H,3-5,8H2,1-2H3. The maximum Gasteiger partial charge on any atom is 0.167 e. The summed E-state index contributed by atoms with van der Waals surface area (Å²) in [7, 11) is 0. The van der Waals surface area contributed by atoms with Gasteiger partial charge in [-0.25, -0.2) is 0 Å². The lowest BCUT2D eigenvalue weighted by molar-refractivity contribution is 0.0908. The normalized spacial score (nSPS) is 12.4. The van der Waals surface area contributed by atoms with E-state index < -0.39 is 0 Å². The van der Waals surface area contributed by atoms with Crippen LogP contribution in [0.5, 0.6) is 0 Å². The van der Waals surface area contributed by atoms with E-state index in [9.17, 15) is 4.79 Å². The summed E-state index contributed by atoms with van der Waals surface area (Å²) in [5, 5.41) is 0.572. The number of Topliss-reactive ketones (excluding diaryl/α,β-unsaturated/α-hetero) is 1. The molecule has 0 aliphatic rings. The number of unbranched alkanes of at least 4 members (excludes halogenated alkanes) is 1. The number of rotatable bonds is 6. The van der Waals surface area contributed by atoms with Gasteiger partial charge in [-0.3, -0.25) is 4.79 Å². The lowest BCUT2D eigenvalue weighted by atomic mass is 9.91. The molecule has 88 valence electrons. The van der Waals surface area contributed by atoms with Crippen LogP contribution in [0.15, 0.2) is 24.3 Å². The Labute approximate surface area is 103 Å². The second-order valence-corrected chi connectivity index (χ2v) is 4.50. The second kappa shape index (κ2) is 6.70. The largest absolute Gasteiger partial charge is 0.294 e. The third kappa shape index (κ3) is 3.34. The SMILES string of the molecule is CCCCC(CC)C(=O)c1ccccc1Cl. The van der Waals surface area contributed by atoms with Crippen molar-refractivity contribution in [3.8, 4) is 0 Å². The van der Waals surface area contributed by atoms with E-state index in [1.54, 1.807) is 6.07 Å². The van der Waals surface area contributed by atoms with Gasteiger partial charge >= 0.3 is 0 Å². The molecule has 0 heterocycles. The summed E-state index contributed by atoms with van der Waals surface area (Å²) < 4.78 is 0. The number of halogens is 1. The van der Waals surface area contributed by atoms with E-state index in [0.717, 1.165) is 25.7 Å². The van der Waals surface area contributed by atoms with Crippen LogP contribution in [0.2, 0.25) is 5.02 Å². The van der Waals surface area contributed by atoms with Gasteiger partial charge in [0.2, 0.25) is 0 Å². The van der Waals surface area contributed by atoms with Crippen LogP contribution in [0.25, 0.3) is 0 Å². The van der Waals surface area contributed by atoms with Gasteiger partial charge in [0.15, 0.2) is 5.78 Å². The third-order valence-electron chi connectivity index (χ3n) is 2.91. The van der Waals surface area contributed by atoms with Crippen LogP contribution >= 0.6 is 11.6 Å². The van der Waals surface area contributed by atoms with Crippen molar-refractivity contribution < 1.29 is 4.79 Å². The minimum absolute atomic E-state index is 0.125. The first kappa shape index (κ1) is 13.2. The molecule has 1 aromatic rings. The Morgan fingerprint density at radius 2 is 2.00 bits per heavy atom. The van der Waals surface area contributed by atoms with Gasteiger partial charge in [-0.1, -0.05) is 50.4 Å².